The molecular formula is C21H26N2O4. The van der Waals surface area contributed by atoms with Crippen molar-refractivity contribution in [2.24, 2.45) is 0 Å². The van der Waals surface area contributed by atoms with Crippen molar-refractivity contribution in [2.75, 3.05) is 44.1 Å². The Labute approximate surface area is 160 Å². The smallest absolute Gasteiger partial charge is 0.262 e. The minimum absolute atomic E-state index is 0.0590. The molecule has 2 aromatic carbocycles. The molecule has 0 radical (unpaired) electrons. The van der Waals surface area contributed by atoms with Crippen molar-refractivity contribution >= 4 is 17.3 Å². The van der Waals surface area contributed by atoms with Crippen molar-refractivity contribution in [2.45, 2.75) is 18.9 Å². The topological polar surface area (TPSA) is 60.0 Å². The second kappa shape index (κ2) is 9.28. The first kappa shape index (κ1) is 19.0. The monoisotopic (exact) mass is 370 g/mol. The van der Waals surface area contributed by atoms with Gasteiger partial charge in [-0.05, 0) is 49.2 Å². The van der Waals surface area contributed by atoms with Gasteiger partial charge in [-0.25, -0.2) is 0 Å². The molecule has 0 spiro atoms. The minimum Gasteiger partial charge on any atom is -0.497 e. The van der Waals surface area contributed by atoms with Crippen molar-refractivity contribution < 1.29 is 19.0 Å². The lowest BCUT2D eigenvalue weighted by molar-refractivity contribution is -0.118. The Bertz CT molecular complexity index is 748. The van der Waals surface area contributed by atoms with E-state index >= 15 is 0 Å². The van der Waals surface area contributed by atoms with E-state index in [0.717, 1.165) is 37.3 Å². The van der Waals surface area contributed by atoms with Crippen LogP contribution in [0.2, 0.25) is 0 Å². The lowest BCUT2D eigenvalue weighted by Crippen LogP contribution is -2.39. The standard InChI is InChI=1S/C21H26N2O4/c1-25-18-5-3-6-19(13-18)27-15-21(24)22-16-8-10-17(11-9-16)23-12-4-7-20(14-23)26-2/h3,5-6,8-11,13,20H,4,7,12,14-15H2,1-2H3,(H,22,24). The maximum absolute atomic E-state index is 12.1. The van der Waals surface area contributed by atoms with Gasteiger partial charge in [0, 0.05) is 37.6 Å². The summed E-state index contributed by atoms with van der Waals surface area (Å²) in [7, 11) is 3.36. The van der Waals surface area contributed by atoms with Crippen LogP contribution < -0.4 is 19.7 Å². The molecule has 1 fully saturated rings. The average Bonchev–Trinajstić information content (AvgIpc) is 2.73. The molecular weight excluding hydrogens is 344 g/mol. The fraction of sp³-hybridized carbons (Fsp3) is 0.381. The molecule has 0 aliphatic carbocycles. The quantitative estimate of drug-likeness (QED) is 0.810. The van der Waals surface area contributed by atoms with Gasteiger partial charge in [0.05, 0.1) is 13.2 Å². The highest BCUT2D eigenvalue weighted by Gasteiger charge is 2.19. The van der Waals surface area contributed by atoms with Gasteiger partial charge in [-0.15, -0.1) is 0 Å². The molecule has 1 N–H and O–H groups in total. The number of rotatable bonds is 7. The number of piperidine rings is 1. The molecule has 1 saturated heterocycles. The molecule has 1 aliphatic heterocycles. The summed E-state index contributed by atoms with van der Waals surface area (Å²) in [4.78, 5) is 14.4. The Morgan fingerprint density at radius 2 is 1.93 bits per heavy atom. The molecule has 0 saturated carbocycles. The Morgan fingerprint density at radius 3 is 2.67 bits per heavy atom. The van der Waals surface area contributed by atoms with E-state index in [9.17, 15) is 4.79 Å². The maximum atomic E-state index is 12.1. The maximum Gasteiger partial charge on any atom is 0.262 e. The van der Waals surface area contributed by atoms with Crippen LogP contribution in [-0.4, -0.2) is 45.9 Å². The van der Waals surface area contributed by atoms with Gasteiger partial charge in [0.25, 0.3) is 5.91 Å². The molecule has 1 unspecified atom stereocenters. The van der Waals surface area contributed by atoms with E-state index in [2.05, 4.69) is 10.2 Å². The molecule has 144 valence electrons. The normalized spacial score (nSPS) is 16.7. The van der Waals surface area contributed by atoms with Crippen LogP contribution in [0.3, 0.4) is 0 Å². The van der Waals surface area contributed by atoms with Crippen molar-refractivity contribution in [3.63, 3.8) is 0 Å². The van der Waals surface area contributed by atoms with Gasteiger partial charge in [-0.1, -0.05) is 6.07 Å². The molecule has 0 bridgehead atoms. The molecule has 1 amide bonds. The largest absolute Gasteiger partial charge is 0.497 e. The SMILES string of the molecule is COc1cccc(OCC(=O)Nc2ccc(N3CCCC(OC)C3)cc2)c1. The number of ether oxygens (including phenoxy) is 3. The molecule has 6 heteroatoms. The molecule has 1 aliphatic rings. The summed E-state index contributed by atoms with van der Waals surface area (Å²) in [6.07, 6.45) is 2.51. The molecule has 1 atom stereocenters. The lowest BCUT2D eigenvalue weighted by Gasteiger charge is -2.33. The second-order valence-electron chi connectivity index (χ2n) is 6.51. The van der Waals surface area contributed by atoms with Gasteiger partial charge in [0.15, 0.2) is 6.61 Å². The summed E-state index contributed by atoms with van der Waals surface area (Å²) < 4.78 is 16.1. The summed E-state index contributed by atoms with van der Waals surface area (Å²) >= 11 is 0. The van der Waals surface area contributed by atoms with Crippen molar-refractivity contribution in [1.29, 1.82) is 0 Å². The zero-order chi connectivity index (χ0) is 19.1. The zero-order valence-corrected chi connectivity index (χ0v) is 15.8. The molecule has 6 nitrogen and oxygen atoms in total. The first-order valence-electron chi connectivity index (χ1n) is 9.12. The Kier molecular flexibility index (Phi) is 6.54. The summed E-state index contributed by atoms with van der Waals surface area (Å²) in [5.41, 5.74) is 1.89. The average molecular weight is 370 g/mol. The number of hydrogen-bond donors (Lipinski definition) is 1. The van der Waals surface area contributed by atoms with Gasteiger partial charge < -0.3 is 24.4 Å². The number of hydrogen-bond acceptors (Lipinski definition) is 5. The van der Waals surface area contributed by atoms with Gasteiger partial charge in [-0.2, -0.15) is 0 Å². The minimum atomic E-state index is -0.206. The zero-order valence-electron chi connectivity index (χ0n) is 15.8. The lowest BCUT2D eigenvalue weighted by atomic mass is 10.1. The number of carbonyl (C=O) groups is 1. The summed E-state index contributed by atoms with van der Waals surface area (Å²) in [6, 6.07) is 15.0. The third-order valence-corrected chi connectivity index (χ3v) is 4.64. The van der Waals surface area contributed by atoms with Crippen LogP contribution in [0.4, 0.5) is 11.4 Å². The van der Waals surface area contributed by atoms with E-state index in [0.29, 0.717) is 11.5 Å². The first-order valence-corrected chi connectivity index (χ1v) is 9.12. The van der Waals surface area contributed by atoms with E-state index in [1.165, 1.54) is 0 Å². The summed E-state index contributed by atoms with van der Waals surface area (Å²) in [6.45, 7) is 1.87. The third-order valence-electron chi connectivity index (χ3n) is 4.64. The van der Waals surface area contributed by atoms with E-state index in [1.807, 2.05) is 36.4 Å². The highest BCUT2D eigenvalue weighted by Crippen LogP contribution is 2.23. The Balaban J connectivity index is 1.50. The Morgan fingerprint density at radius 1 is 1.15 bits per heavy atom. The number of carbonyl (C=O) groups excluding carboxylic acids is 1. The number of amides is 1. The highest BCUT2D eigenvalue weighted by molar-refractivity contribution is 5.92. The second-order valence-corrected chi connectivity index (χ2v) is 6.51. The van der Waals surface area contributed by atoms with Crippen LogP contribution in [0.5, 0.6) is 11.5 Å². The third kappa shape index (κ3) is 5.37. The summed E-state index contributed by atoms with van der Waals surface area (Å²) in [5, 5.41) is 2.85. The predicted octanol–water partition coefficient (Wildman–Crippen LogP) is 3.33. The number of benzene rings is 2. The molecule has 27 heavy (non-hydrogen) atoms. The van der Waals surface area contributed by atoms with Crippen molar-refractivity contribution in [1.82, 2.24) is 0 Å². The van der Waals surface area contributed by atoms with Crippen LogP contribution in [-0.2, 0) is 9.53 Å². The van der Waals surface area contributed by atoms with Crippen LogP contribution in [0.15, 0.2) is 48.5 Å². The number of nitrogens with zero attached hydrogens (tertiary/aromatic N) is 1. The highest BCUT2D eigenvalue weighted by atomic mass is 16.5. The molecule has 3 rings (SSSR count). The van der Waals surface area contributed by atoms with Crippen molar-refractivity contribution in [3.05, 3.63) is 48.5 Å². The van der Waals surface area contributed by atoms with Gasteiger partial charge in [0.1, 0.15) is 11.5 Å². The van der Waals surface area contributed by atoms with Crippen LogP contribution in [0, 0.1) is 0 Å². The molecule has 0 aromatic heterocycles. The number of nitrogens with one attached hydrogen (secondary N) is 1. The van der Waals surface area contributed by atoms with E-state index < -0.39 is 0 Å². The van der Waals surface area contributed by atoms with E-state index in [-0.39, 0.29) is 18.6 Å². The van der Waals surface area contributed by atoms with Gasteiger partial charge in [-0.3, -0.25) is 4.79 Å². The Hall–Kier alpha value is -2.73. The van der Waals surface area contributed by atoms with E-state index in [1.54, 1.807) is 26.4 Å². The van der Waals surface area contributed by atoms with E-state index in [4.69, 9.17) is 14.2 Å². The predicted molar refractivity (Wildman–Crippen MR) is 106 cm³/mol. The summed E-state index contributed by atoms with van der Waals surface area (Å²) in [5.74, 6) is 1.08. The van der Waals surface area contributed by atoms with Gasteiger partial charge in [0.2, 0.25) is 0 Å². The fourth-order valence-electron chi connectivity index (χ4n) is 3.16. The first-order chi connectivity index (χ1) is 13.2. The van der Waals surface area contributed by atoms with Crippen LogP contribution >= 0.6 is 0 Å². The fourth-order valence-corrected chi connectivity index (χ4v) is 3.16. The number of anilines is 2. The van der Waals surface area contributed by atoms with Crippen LogP contribution in [0.1, 0.15) is 12.8 Å². The van der Waals surface area contributed by atoms with Gasteiger partial charge >= 0.3 is 0 Å². The molecule has 1 heterocycles. The van der Waals surface area contributed by atoms with Crippen LogP contribution in [0.25, 0.3) is 0 Å². The number of methoxy groups -OCH3 is 2. The van der Waals surface area contributed by atoms with Crippen molar-refractivity contribution in [3.8, 4) is 11.5 Å². The molecule has 2 aromatic rings.